The van der Waals surface area contributed by atoms with E-state index in [4.69, 9.17) is 5.26 Å². The van der Waals surface area contributed by atoms with Crippen LogP contribution in [0, 0.1) is 17.2 Å². The third-order valence-corrected chi connectivity index (χ3v) is 9.37. The van der Waals surface area contributed by atoms with E-state index < -0.39 is 5.25 Å². The number of hydrogen-bond acceptors (Lipinski definition) is 5. The van der Waals surface area contributed by atoms with Crippen LogP contribution < -0.4 is 5.32 Å². The SMILES string of the molecule is CC(C)CCN1C(=O)C(CC(=O)N2CCC(N3Cc4ccccc4NC3=O)CC2)SC1c1ccc(C#N)cc1. The lowest BCUT2D eigenvalue weighted by molar-refractivity contribution is -0.137. The van der Waals surface area contributed by atoms with E-state index in [9.17, 15) is 14.4 Å². The molecular formula is C30H35N5O3S. The van der Waals surface area contributed by atoms with Crippen LogP contribution in [0.2, 0.25) is 0 Å². The average molecular weight is 546 g/mol. The largest absolute Gasteiger partial charge is 0.342 e. The second-order valence-corrected chi connectivity index (χ2v) is 12.2. The minimum atomic E-state index is -0.424. The molecule has 2 fully saturated rings. The van der Waals surface area contributed by atoms with E-state index in [2.05, 4.69) is 25.2 Å². The molecule has 2 aromatic carbocycles. The molecule has 0 aromatic heterocycles. The van der Waals surface area contributed by atoms with Crippen LogP contribution in [0.4, 0.5) is 10.5 Å². The summed E-state index contributed by atoms with van der Waals surface area (Å²) in [5.41, 5.74) is 3.54. The lowest BCUT2D eigenvalue weighted by Crippen LogP contribution is -2.51. The highest BCUT2D eigenvalue weighted by Crippen LogP contribution is 2.44. The summed E-state index contributed by atoms with van der Waals surface area (Å²) in [5, 5.41) is 11.6. The maximum atomic E-state index is 13.5. The van der Waals surface area contributed by atoms with Gasteiger partial charge in [-0.25, -0.2) is 4.79 Å². The van der Waals surface area contributed by atoms with Crippen molar-refractivity contribution < 1.29 is 14.4 Å². The summed E-state index contributed by atoms with van der Waals surface area (Å²) in [6.07, 6.45) is 2.52. The van der Waals surface area contributed by atoms with E-state index in [-0.39, 0.29) is 35.7 Å². The Balaban J connectivity index is 1.20. The topological polar surface area (TPSA) is 96.8 Å². The molecule has 204 valence electrons. The Bertz CT molecular complexity index is 1270. The fourth-order valence-electron chi connectivity index (χ4n) is 5.56. The van der Waals surface area contributed by atoms with Gasteiger partial charge in [-0.05, 0) is 54.5 Å². The Kier molecular flexibility index (Phi) is 8.12. The van der Waals surface area contributed by atoms with Crippen LogP contribution in [0.3, 0.4) is 0 Å². The minimum absolute atomic E-state index is 0.00275. The first-order valence-electron chi connectivity index (χ1n) is 13.7. The molecule has 2 saturated heterocycles. The zero-order valence-electron chi connectivity index (χ0n) is 22.5. The maximum absolute atomic E-state index is 13.5. The molecule has 2 atom stereocenters. The van der Waals surface area contributed by atoms with Crippen molar-refractivity contribution in [3.05, 3.63) is 65.2 Å². The second kappa shape index (κ2) is 11.7. The van der Waals surface area contributed by atoms with Gasteiger partial charge < -0.3 is 20.0 Å². The fraction of sp³-hybridized carbons (Fsp3) is 0.467. The first-order valence-corrected chi connectivity index (χ1v) is 14.7. The van der Waals surface area contributed by atoms with Crippen LogP contribution in [-0.2, 0) is 16.1 Å². The maximum Gasteiger partial charge on any atom is 0.322 e. The van der Waals surface area contributed by atoms with Crippen LogP contribution in [0.1, 0.15) is 61.6 Å². The molecule has 9 heteroatoms. The molecule has 3 aliphatic heterocycles. The highest BCUT2D eigenvalue weighted by atomic mass is 32.2. The Morgan fingerprint density at radius 1 is 1.10 bits per heavy atom. The molecule has 0 radical (unpaired) electrons. The number of nitriles is 1. The molecule has 5 rings (SSSR count). The van der Waals surface area contributed by atoms with Crippen molar-refractivity contribution in [3.63, 3.8) is 0 Å². The number of piperidine rings is 1. The van der Waals surface area contributed by atoms with Crippen LogP contribution in [-0.4, -0.2) is 63.5 Å². The van der Waals surface area contributed by atoms with Crippen molar-refractivity contribution in [1.29, 1.82) is 5.26 Å². The lowest BCUT2D eigenvalue weighted by Gasteiger charge is -2.40. The van der Waals surface area contributed by atoms with Gasteiger partial charge in [-0.15, -0.1) is 11.8 Å². The monoisotopic (exact) mass is 545 g/mol. The predicted molar refractivity (Wildman–Crippen MR) is 152 cm³/mol. The summed E-state index contributed by atoms with van der Waals surface area (Å²) in [7, 11) is 0. The zero-order chi connectivity index (χ0) is 27.5. The van der Waals surface area contributed by atoms with Gasteiger partial charge in [-0.3, -0.25) is 9.59 Å². The van der Waals surface area contributed by atoms with E-state index in [1.54, 1.807) is 12.1 Å². The van der Waals surface area contributed by atoms with Crippen molar-refractivity contribution in [2.24, 2.45) is 5.92 Å². The van der Waals surface area contributed by atoms with Gasteiger partial charge in [-0.1, -0.05) is 44.2 Å². The van der Waals surface area contributed by atoms with Crippen molar-refractivity contribution in [2.45, 2.75) is 62.7 Å². The number of hydrogen-bond donors (Lipinski definition) is 1. The molecule has 4 amide bonds. The van der Waals surface area contributed by atoms with Gasteiger partial charge in [-0.2, -0.15) is 5.26 Å². The molecule has 39 heavy (non-hydrogen) atoms. The van der Waals surface area contributed by atoms with Crippen LogP contribution in [0.15, 0.2) is 48.5 Å². The molecule has 0 aliphatic carbocycles. The molecule has 0 saturated carbocycles. The smallest absolute Gasteiger partial charge is 0.322 e. The van der Waals surface area contributed by atoms with Gasteiger partial charge in [0, 0.05) is 44.3 Å². The van der Waals surface area contributed by atoms with Crippen molar-refractivity contribution >= 4 is 35.3 Å². The summed E-state index contributed by atoms with van der Waals surface area (Å²) in [5.74, 6) is 0.473. The fourth-order valence-corrected chi connectivity index (χ4v) is 7.03. The molecule has 2 unspecified atom stereocenters. The third-order valence-electron chi connectivity index (χ3n) is 7.89. The number of benzene rings is 2. The zero-order valence-corrected chi connectivity index (χ0v) is 23.3. The number of thioether (sulfide) groups is 1. The molecular weight excluding hydrogens is 510 g/mol. The minimum Gasteiger partial charge on any atom is -0.342 e. The molecule has 0 spiro atoms. The summed E-state index contributed by atoms with van der Waals surface area (Å²) in [6, 6.07) is 17.4. The first kappa shape index (κ1) is 27.1. The van der Waals surface area contributed by atoms with Crippen LogP contribution in [0.5, 0.6) is 0 Å². The van der Waals surface area contributed by atoms with Gasteiger partial charge in [0.1, 0.15) is 5.37 Å². The Morgan fingerprint density at radius 3 is 2.51 bits per heavy atom. The first-order chi connectivity index (χ1) is 18.8. The highest BCUT2D eigenvalue weighted by Gasteiger charge is 2.42. The van der Waals surface area contributed by atoms with E-state index in [1.807, 2.05) is 51.1 Å². The number of likely N-dealkylation sites (tertiary alicyclic amines) is 1. The Hall–Kier alpha value is -3.51. The standard InChI is InChI=1S/C30H35N5O3S/c1-20(2)11-16-34-28(37)26(39-29(34)22-9-7-21(18-31)8-10-22)17-27(36)33-14-12-24(13-15-33)35-19-23-5-3-4-6-25(23)32-30(35)38/h3-10,20,24,26,29H,11-17,19H2,1-2H3,(H,32,38). The summed E-state index contributed by atoms with van der Waals surface area (Å²) in [4.78, 5) is 45.2. The Labute approximate surface area is 234 Å². The number of carbonyl (C=O) groups is 3. The number of nitrogens with one attached hydrogen (secondary N) is 1. The van der Waals surface area contributed by atoms with Crippen molar-refractivity contribution in [1.82, 2.24) is 14.7 Å². The van der Waals surface area contributed by atoms with E-state index >= 15 is 0 Å². The number of nitrogens with zero attached hydrogens (tertiary/aromatic N) is 4. The molecule has 8 nitrogen and oxygen atoms in total. The molecule has 1 N–H and O–H groups in total. The van der Waals surface area contributed by atoms with Gasteiger partial charge in [0.25, 0.3) is 0 Å². The number of rotatable bonds is 7. The summed E-state index contributed by atoms with van der Waals surface area (Å²) >= 11 is 1.54. The molecule has 0 bridgehead atoms. The Morgan fingerprint density at radius 2 is 1.82 bits per heavy atom. The van der Waals surface area contributed by atoms with Crippen LogP contribution >= 0.6 is 11.8 Å². The quantitative estimate of drug-likeness (QED) is 0.530. The van der Waals surface area contributed by atoms with E-state index in [0.29, 0.717) is 37.7 Å². The number of anilines is 1. The molecule has 3 aliphatic rings. The van der Waals surface area contributed by atoms with Gasteiger partial charge in [0.05, 0.1) is 16.9 Å². The van der Waals surface area contributed by atoms with Gasteiger partial charge >= 0.3 is 6.03 Å². The van der Waals surface area contributed by atoms with Gasteiger partial charge in [0.15, 0.2) is 0 Å². The number of carbonyl (C=O) groups excluding carboxylic acids is 3. The summed E-state index contributed by atoms with van der Waals surface area (Å²) < 4.78 is 0. The van der Waals surface area contributed by atoms with Crippen molar-refractivity contribution in [3.8, 4) is 6.07 Å². The van der Waals surface area contributed by atoms with E-state index in [0.717, 1.165) is 36.1 Å². The second-order valence-electron chi connectivity index (χ2n) is 11.0. The van der Waals surface area contributed by atoms with Crippen molar-refractivity contribution in [2.75, 3.05) is 25.0 Å². The van der Waals surface area contributed by atoms with Gasteiger partial charge in [0.2, 0.25) is 11.8 Å². The number of fused-ring (bicyclic) bond motifs is 1. The number of para-hydroxylation sites is 1. The molecule has 2 aromatic rings. The summed E-state index contributed by atoms with van der Waals surface area (Å²) in [6.45, 7) is 6.66. The third kappa shape index (κ3) is 5.91. The average Bonchev–Trinajstić information content (AvgIpc) is 3.26. The molecule has 3 heterocycles. The number of amides is 4. The normalized spacial score (nSPS) is 21.6. The number of urea groups is 1. The predicted octanol–water partition coefficient (Wildman–Crippen LogP) is 4.98. The highest BCUT2D eigenvalue weighted by molar-refractivity contribution is 8.01. The van der Waals surface area contributed by atoms with Crippen LogP contribution in [0.25, 0.3) is 0 Å². The lowest BCUT2D eigenvalue weighted by atomic mass is 10.0. The van der Waals surface area contributed by atoms with E-state index in [1.165, 1.54) is 11.8 Å².